The summed E-state index contributed by atoms with van der Waals surface area (Å²) in [5.74, 6) is 0.423. The van der Waals surface area contributed by atoms with Crippen LogP contribution in [0.25, 0.3) is 21.9 Å². The van der Waals surface area contributed by atoms with Gasteiger partial charge in [0, 0.05) is 61.2 Å². The summed E-state index contributed by atoms with van der Waals surface area (Å²) in [5.41, 5.74) is 4.14. The number of fused-ring (bicyclic) bond motifs is 1. The molecule has 4 heterocycles. The van der Waals surface area contributed by atoms with Crippen LogP contribution in [0.1, 0.15) is 24.2 Å². The highest BCUT2D eigenvalue weighted by atomic mass is 16.1. The molecule has 0 unspecified atom stereocenters. The first-order valence-electron chi connectivity index (χ1n) is 11.2. The van der Waals surface area contributed by atoms with Crippen LogP contribution in [-0.2, 0) is 24.8 Å². The molecule has 6 heteroatoms. The first-order chi connectivity index (χ1) is 15.6. The maximum absolute atomic E-state index is 13.0. The highest BCUT2D eigenvalue weighted by Crippen LogP contribution is 2.25. The van der Waals surface area contributed by atoms with Crippen molar-refractivity contribution in [1.82, 2.24) is 24.6 Å². The van der Waals surface area contributed by atoms with Crippen LogP contribution in [0.3, 0.4) is 0 Å². The molecule has 4 aromatic rings. The number of aromatic nitrogens is 4. The highest BCUT2D eigenvalue weighted by molar-refractivity contribution is 5.88. The average Bonchev–Trinajstić information content (AvgIpc) is 3.26. The molecule has 1 fully saturated rings. The van der Waals surface area contributed by atoms with E-state index in [4.69, 9.17) is 0 Å². The molecule has 0 aliphatic carbocycles. The van der Waals surface area contributed by atoms with Gasteiger partial charge in [-0.3, -0.25) is 24.3 Å². The van der Waals surface area contributed by atoms with Crippen LogP contribution < -0.4 is 0 Å². The van der Waals surface area contributed by atoms with Gasteiger partial charge in [0.15, 0.2) is 0 Å². The number of aryl methyl sites for hydroxylation is 1. The number of ketones is 1. The van der Waals surface area contributed by atoms with Gasteiger partial charge in [0.05, 0.1) is 11.9 Å². The van der Waals surface area contributed by atoms with Gasteiger partial charge in [-0.25, -0.2) is 0 Å². The minimum absolute atomic E-state index is 0.120. The SMILES string of the molecule is Cn1cc(-c2ccc3cnc(CC(=O)C4CCN(Cc5ccccn5)CC4)cc3c2)cn1. The monoisotopic (exact) mass is 425 g/mol. The zero-order valence-electron chi connectivity index (χ0n) is 18.3. The van der Waals surface area contributed by atoms with E-state index in [2.05, 4.69) is 50.3 Å². The van der Waals surface area contributed by atoms with Crippen molar-refractivity contribution in [3.05, 3.63) is 78.6 Å². The second-order valence-electron chi connectivity index (χ2n) is 8.65. The number of hydrogen-bond donors (Lipinski definition) is 0. The quantitative estimate of drug-likeness (QED) is 0.466. The summed E-state index contributed by atoms with van der Waals surface area (Å²) in [6.45, 7) is 2.73. The number of piperidine rings is 1. The maximum atomic E-state index is 13.0. The van der Waals surface area contributed by atoms with Crippen molar-refractivity contribution in [2.45, 2.75) is 25.8 Å². The van der Waals surface area contributed by atoms with Gasteiger partial charge in [-0.1, -0.05) is 18.2 Å². The van der Waals surface area contributed by atoms with E-state index in [9.17, 15) is 4.79 Å². The van der Waals surface area contributed by atoms with E-state index in [0.717, 1.165) is 65.8 Å². The van der Waals surface area contributed by atoms with Crippen LogP contribution in [0.2, 0.25) is 0 Å². The first kappa shape index (κ1) is 20.5. The minimum atomic E-state index is 0.120. The Morgan fingerprint density at radius 3 is 2.59 bits per heavy atom. The molecule has 5 rings (SSSR count). The topological polar surface area (TPSA) is 63.9 Å². The molecule has 1 aromatic carbocycles. The molecular weight excluding hydrogens is 398 g/mol. The molecule has 0 N–H and O–H groups in total. The van der Waals surface area contributed by atoms with E-state index in [1.807, 2.05) is 44.0 Å². The lowest BCUT2D eigenvalue weighted by molar-refractivity contribution is -0.123. The normalized spacial score (nSPS) is 15.3. The minimum Gasteiger partial charge on any atom is -0.299 e. The molecule has 162 valence electrons. The largest absolute Gasteiger partial charge is 0.299 e. The Hall–Kier alpha value is -3.38. The molecule has 0 atom stereocenters. The Morgan fingerprint density at radius 2 is 1.84 bits per heavy atom. The van der Waals surface area contributed by atoms with E-state index in [0.29, 0.717) is 12.2 Å². The zero-order valence-corrected chi connectivity index (χ0v) is 18.3. The van der Waals surface area contributed by atoms with Crippen molar-refractivity contribution in [3.63, 3.8) is 0 Å². The van der Waals surface area contributed by atoms with Gasteiger partial charge in [-0.2, -0.15) is 5.10 Å². The van der Waals surface area contributed by atoms with E-state index >= 15 is 0 Å². The second kappa shape index (κ2) is 9.01. The van der Waals surface area contributed by atoms with Crippen molar-refractivity contribution in [2.75, 3.05) is 13.1 Å². The number of carbonyl (C=O) groups is 1. The van der Waals surface area contributed by atoms with E-state index in [-0.39, 0.29) is 5.92 Å². The predicted molar refractivity (Wildman–Crippen MR) is 125 cm³/mol. The molecule has 0 radical (unpaired) electrons. The van der Waals surface area contributed by atoms with Crippen LogP contribution in [0.4, 0.5) is 0 Å². The lowest BCUT2D eigenvalue weighted by atomic mass is 9.90. The Labute approximate surface area is 187 Å². The molecule has 32 heavy (non-hydrogen) atoms. The molecule has 0 saturated carbocycles. The summed E-state index contributed by atoms with van der Waals surface area (Å²) in [4.78, 5) is 24.3. The number of carbonyl (C=O) groups excluding carboxylic acids is 1. The van der Waals surface area contributed by atoms with Crippen LogP contribution in [-0.4, -0.2) is 43.5 Å². The molecule has 3 aromatic heterocycles. The summed E-state index contributed by atoms with van der Waals surface area (Å²) in [7, 11) is 1.92. The standard InChI is InChI=1S/C26H27N5O/c1-30-17-23(16-29-30)20-5-6-21-15-28-25(13-22(21)12-20)14-26(32)19-7-10-31(11-8-19)18-24-4-2-3-9-27-24/h2-6,9,12-13,15-17,19H,7-8,10-11,14,18H2,1H3. The molecule has 0 spiro atoms. The summed E-state index contributed by atoms with van der Waals surface area (Å²) in [6, 6.07) is 14.4. The molecule has 1 aliphatic heterocycles. The summed E-state index contributed by atoms with van der Waals surface area (Å²) >= 11 is 0. The zero-order chi connectivity index (χ0) is 21.9. The van der Waals surface area contributed by atoms with Crippen molar-refractivity contribution < 1.29 is 4.79 Å². The molecule has 0 bridgehead atoms. The summed E-state index contributed by atoms with van der Waals surface area (Å²) in [5, 5.41) is 6.45. The Balaban J connectivity index is 1.22. The fourth-order valence-electron chi connectivity index (χ4n) is 4.49. The number of benzene rings is 1. The fourth-order valence-corrected chi connectivity index (χ4v) is 4.49. The summed E-state index contributed by atoms with van der Waals surface area (Å²) < 4.78 is 1.80. The van der Waals surface area contributed by atoms with Crippen LogP contribution in [0.15, 0.2) is 67.3 Å². The Bertz CT molecular complexity index is 1230. The van der Waals surface area contributed by atoms with Gasteiger partial charge in [0.25, 0.3) is 0 Å². The number of nitrogens with zero attached hydrogens (tertiary/aromatic N) is 5. The fraction of sp³-hybridized carbons (Fsp3) is 0.308. The molecule has 1 saturated heterocycles. The first-order valence-corrected chi connectivity index (χ1v) is 11.2. The molecule has 0 amide bonds. The number of likely N-dealkylation sites (tertiary alicyclic amines) is 1. The highest BCUT2D eigenvalue weighted by Gasteiger charge is 2.25. The molecule has 1 aliphatic rings. The molecule has 6 nitrogen and oxygen atoms in total. The van der Waals surface area contributed by atoms with Crippen molar-refractivity contribution in [3.8, 4) is 11.1 Å². The van der Waals surface area contributed by atoms with E-state index in [1.165, 1.54) is 0 Å². The maximum Gasteiger partial charge on any atom is 0.142 e. The van der Waals surface area contributed by atoms with Gasteiger partial charge in [-0.15, -0.1) is 0 Å². The molecular formula is C26H27N5O. The Kier molecular flexibility index (Phi) is 5.77. The van der Waals surface area contributed by atoms with E-state index in [1.54, 1.807) is 4.68 Å². The van der Waals surface area contributed by atoms with E-state index < -0.39 is 0 Å². The number of pyridine rings is 2. The third-order valence-corrected chi connectivity index (χ3v) is 6.33. The van der Waals surface area contributed by atoms with Crippen LogP contribution >= 0.6 is 0 Å². The number of hydrogen-bond acceptors (Lipinski definition) is 5. The predicted octanol–water partition coefficient (Wildman–Crippen LogP) is 4.05. The van der Waals surface area contributed by atoms with Crippen molar-refractivity contribution >= 4 is 16.6 Å². The van der Waals surface area contributed by atoms with Crippen LogP contribution in [0, 0.1) is 5.92 Å². The third-order valence-electron chi connectivity index (χ3n) is 6.33. The number of Topliss-reactive ketones (excluding diaryl/α,β-unsaturated/α-hetero) is 1. The van der Waals surface area contributed by atoms with Gasteiger partial charge in [0.2, 0.25) is 0 Å². The third kappa shape index (κ3) is 4.60. The average molecular weight is 426 g/mol. The summed E-state index contributed by atoms with van der Waals surface area (Å²) in [6.07, 6.45) is 9.80. The Morgan fingerprint density at radius 1 is 0.969 bits per heavy atom. The number of rotatable bonds is 6. The second-order valence-corrected chi connectivity index (χ2v) is 8.65. The smallest absolute Gasteiger partial charge is 0.142 e. The van der Waals surface area contributed by atoms with Crippen LogP contribution in [0.5, 0.6) is 0 Å². The van der Waals surface area contributed by atoms with Gasteiger partial charge < -0.3 is 0 Å². The van der Waals surface area contributed by atoms with Crippen molar-refractivity contribution in [2.24, 2.45) is 13.0 Å². The van der Waals surface area contributed by atoms with Gasteiger partial charge in [0.1, 0.15) is 5.78 Å². The van der Waals surface area contributed by atoms with Gasteiger partial charge in [-0.05, 0) is 61.1 Å². The van der Waals surface area contributed by atoms with Gasteiger partial charge >= 0.3 is 0 Å². The van der Waals surface area contributed by atoms with Crippen molar-refractivity contribution in [1.29, 1.82) is 0 Å². The lowest BCUT2D eigenvalue weighted by Crippen LogP contribution is -2.36. The lowest BCUT2D eigenvalue weighted by Gasteiger charge is -2.30.